The molecule has 0 saturated heterocycles. The summed E-state index contributed by atoms with van der Waals surface area (Å²) >= 11 is 0. The van der Waals surface area contributed by atoms with Crippen molar-refractivity contribution in [1.82, 2.24) is 4.72 Å². The molecule has 17 heavy (non-hydrogen) atoms. The number of hydrogen-bond donors (Lipinski definition) is 1. The Kier molecular flexibility index (Phi) is 4.64. The predicted octanol–water partition coefficient (Wildman–Crippen LogP) is 2.78. The molecule has 0 aromatic rings. The topological polar surface area (TPSA) is 46.2 Å². The highest BCUT2D eigenvalue weighted by molar-refractivity contribution is 7.89. The Morgan fingerprint density at radius 2 is 1.76 bits per heavy atom. The zero-order valence-electron chi connectivity index (χ0n) is 11.8. The Balaban J connectivity index is 2.33. The molecule has 1 rings (SSSR count). The van der Waals surface area contributed by atoms with E-state index in [1.165, 1.54) is 0 Å². The van der Waals surface area contributed by atoms with Gasteiger partial charge in [-0.2, -0.15) is 0 Å². The molecule has 0 unspecified atom stereocenters. The van der Waals surface area contributed by atoms with Crippen molar-refractivity contribution in [3.63, 3.8) is 0 Å². The van der Waals surface area contributed by atoms with Crippen LogP contribution < -0.4 is 4.72 Å². The van der Waals surface area contributed by atoms with Gasteiger partial charge in [0.15, 0.2) is 0 Å². The first kappa shape index (κ1) is 15.0. The second-order valence-electron chi connectivity index (χ2n) is 6.85. The van der Waals surface area contributed by atoms with Crippen molar-refractivity contribution in [2.75, 3.05) is 5.75 Å². The van der Waals surface area contributed by atoms with Crippen LogP contribution in [-0.4, -0.2) is 20.2 Å². The van der Waals surface area contributed by atoms with Gasteiger partial charge < -0.3 is 0 Å². The summed E-state index contributed by atoms with van der Waals surface area (Å²) in [6, 6.07) is 0.177. The molecule has 0 aromatic heterocycles. The molecular formula is C13H27NO2S. The first-order valence-corrected chi connectivity index (χ1v) is 8.25. The number of sulfonamides is 1. The average Bonchev–Trinajstić information content (AvgIpc) is 2.05. The van der Waals surface area contributed by atoms with Crippen LogP contribution in [0.2, 0.25) is 0 Å². The molecule has 3 nitrogen and oxygen atoms in total. The maximum Gasteiger partial charge on any atom is 0.211 e. The lowest BCUT2D eigenvalue weighted by molar-refractivity contribution is 0.110. The normalized spacial score (nSPS) is 26.0. The van der Waals surface area contributed by atoms with E-state index < -0.39 is 10.0 Å². The van der Waals surface area contributed by atoms with E-state index in [0.717, 1.165) is 19.3 Å². The highest BCUT2D eigenvalue weighted by Gasteiger charge is 2.38. The van der Waals surface area contributed by atoms with Gasteiger partial charge in [0.25, 0.3) is 0 Å². The van der Waals surface area contributed by atoms with E-state index in [2.05, 4.69) is 39.3 Å². The van der Waals surface area contributed by atoms with Crippen molar-refractivity contribution in [2.45, 2.75) is 59.9 Å². The highest BCUT2D eigenvalue weighted by Crippen LogP contribution is 2.41. The Morgan fingerprint density at radius 3 is 2.18 bits per heavy atom. The van der Waals surface area contributed by atoms with Crippen molar-refractivity contribution >= 4 is 10.0 Å². The fourth-order valence-electron chi connectivity index (χ4n) is 2.12. The summed E-state index contributed by atoms with van der Waals surface area (Å²) in [6.45, 7) is 10.8. The van der Waals surface area contributed by atoms with Gasteiger partial charge in [-0.1, -0.05) is 34.6 Å². The average molecular weight is 261 g/mol. The lowest BCUT2D eigenvalue weighted by Gasteiger charge is -2.43. The van der Waals surface area contributed by atoms with Gasteiger partial charge in [0.2, 0.25) is 10.0 Å². The standard InChI is InChI=1S/C13H27NO2S/c1-10(2)6-7-17(15,16)14-12-8-11(9-12)13(3,4)5/h10-12,14H,6-9H2,1-5H3. The van der Waals surface area contributed by atoms with Crippen LogP contribution in [0.5, 0.6) is 0 Å². The molecule has 1 aliphatic rings. The third kappa shape index (κ3) is 4.96. The number of hydrogen-bond acceptors (Lipinski definition) is 2. The second kappa shape index (κ2) is 5.27. The van der Waals surface area contributed by atoms with Gasteiger partial charge in [-0.25, -0.2) is 13.1 Å². The molecule has 4 heteroatoms. The second-order valence-corrected chi connectivity index (χ2v) is 8.72. The number of rotatable bonds is 5. The Hall–Kier alpha value is -0.0900. The molecule has 0 atom stereocenters. The van der Waals surface area contributed by atoms with E-state index in [4.69, 9.17) is 0 Å². The van der Waals surface area contributed by atoms with E-state index in [1.807, 2.05) is 0 Å². The SMILES string of the molecule is CC(C)CCS(=O)(=O)NC1CC(C(C)(C)C)C1. The van der Waals surface area contributed by atoms with Crippen molar-refractivity contribution in [3.05, 3.63) is 0 Å². The molecule has 1 N–H and O–H groups in total. The predicted molar refractivity (Wildman–Crippen MR) is 72.3 cm³/mol. The van der Waals surface area contributed by atoms with E-state index in [9.17, 15) is 8.42 Å². The van der Waals surface area contributed by atoms with E-state index in [1.54, 1.807) is 0 Å². The Morgan fingerprint density at radius 1 is 1.24 bits per heavy atom. The minimum Gasteiger partial charge on any atom is -0.212 e. The van der Waals surface area contributed by atoms with Gasteiger partial charge in [-0.05, 0) is 36.5 Å². The van der Waals surface area contributed by atoms with Gasteiger partial charge in [0, 0.05) is 6.04 Å². The first-order chi connectivity index (χ1) is 7.60. The van der Waals surface area contributed by atoms with E-state index >= 15 is 0 Å². The Bertz CT molecular complexity index is 335. The summed E-state index contributed by atoms with van der Waals surface area (Å²) in [5.74, 6) is 1.36. The summed E-state index contributed by atoms with van der Waals surface area (Å²) in [5, 5.41) is 0. The van der Waals surface area contributed by atoms with Crippen LogP contribution in [0.4, 0.5) is 0 Å². The molecule has 0 amide bonds. The quantitative estimate of drug-likeness (QED) is 0.827. The summed E-state index contributed by atoms with van der Waals surface area (Å²) in [5.41, 5.74) is 0.305. The number of nitrogens with one attached hydrogen (secondary N) is 1. The summed E-state index contributed by atoms with van der Waals surface area (Å²) in [4.78, 5) is 0. The molecule has 102 valence electrons. The molecule has 0 bridgehead atoms. The smallest absolute Gasteiger partial charge is 0.211 e. The first-order valence-electron chi connectivity index (χ1n) is 6.60. The van der Waals surface area contributed by atoms with Crippen molar-refractivity contribution < 1.29 is 8.42 Å². The van der Waals surface area contributed by atoms with Crippen LogP contribution in [0, 0.1) is 17.3 Å². The fraction of sp³-hybridized carbons (Fsp3) is 1.00. The monoisotopic (exact) mass is 261 g/mol. The van der Waals surface area contributed by atoms with Crippen LogP contribution in [0.15, 0.2) is 0 Å². The van der Waals surface area contributed by atoms with Crippen molar-refractivity contribution in [2.24, 2.45) is 17.3 Å². The summed E-state index contributed by atoms with van der Waals surface area (Å²) in [6.07, 6.45) is 2.72. The minimum atomic E-state index is -3.06. The van der Waals surface area contributed by atoms with E-state index in [-0.39, 0.29) is 11.8 Å². The molecule has 1 saturated carbocycles. The van der Waals surface area contributed by atoms with E-state index in [0.29, 0.717) is 17.3 Å². The zero-order chi connectivity index (χ0) is 13.3. The minimum absolute atomic E-state index is 0.177. The van der Waals surface area contributed by atoms with Gasteiger partial charge in [0.05, 0.1) is 5.75 Å². The fourth-order valence-corrected chi connectivity index (χ4v) is 3.72. The van der Waals surface area contributed by atoms with Gasteiger partial charge in [-0.3, -0.25) is 0 Å². The third-order valence-corrected chi connectivity index (χ3v) is 5.14. The molecule has 0 aromatic carbocycles. The largest absolute Gasteiger partial charge is 0.212 e. The molecule has 0 aliphatic heterocycles. The maximum absolute atomic E-state index is 11.8. The molecule has 0 radical (unpaired) electrons. The lowest BCUT2D eigenvalue weighted by Crippen LogP contribution is -2.48. The molecule has 1 fully saturated rings. The highest BCUT2D eigenvalue weighted by atomic mass is 32.2. The van der Waals surface area contributed by atoms with Crippen LogP contribution in [0.1, 0.15) is 53.9 Å². The molecule has 0 spiro atoms. The summed E-state index contributed by atoms with van der Waals surface area (Å²) in [7, 11) is -3.06. The lowest BCUT2D eigenvalue weighted by atomic mass is 9.66. The van der Waals surface area contributed by atoms with Crippen LogP contribution in [0.25, 0.3) is 0 Å². The van der Waals surface area contributed by atoms with Crippen molar-refractivity contribution in [1.29, 1.82) is 0 Å². The van der Waals surface area contributed by atoms with Gasteiger partial charge in [0.1, 0.15) is 0 Å². The third-order valence-electron chi connectivity index (χ3n) is 3.67. The van der Waals surface area contributed by atoms with Crippen LogP contribution >= 0.6 is 0 Å². The van der Waals surface area contributed by atoms with Crippen molar-refractivity contribution in [3.8, 4) is 0 Å². The van der Waals surface area contributed by atoms with Crippen LogP contribution in [0.3, 0.4) is 0 Å². The van der Waals surface area contributed by atoms with Gasteiger partial charge >= 0.3 is 0 Å². The maximum atomic E-state index is 11.8. The summed E-state index contributed by atoms with van der Waals surface area (Å²) < 4.78 is 26.4. The zero-order valence-corrected chi connectivity index (χ0v) is 12.6. The molecular weight excluding hydrogens is 234 g/mol. The van der Waals surface area contributed by atoms with Crippen LogP contribution in [-0.2, 0) is 10.0 Å². The Labute approximate surface area is 106 Å². The molecule has 0 heterocycles. The molecule has 1 aliphatic carbocycles. The van der Waals surface area contributed by atoms with Gasteiger partial charge in [-0.15, -0.1) is 0 Å².